The van der Waals surface area contributed by atoms with Crippen LogP contribution in [0.1, 0.15) is 45.3 Å². The second kappa shape index (κ2) is 6.18. The number of methoxy groups -OCH3 is 1. The Labute approximate surface area is 120 Å². The monoisotopic (exact) mass is 283 g/mol. The van der Waals surface area contributed by atoms with E-state index in [-0.39, 0.29) is 4.75 Å². The van der Waals surface area contributed by atoms with Gasteiger partial charge in [0.05, 0.1) is 25.0 Å². The molecule has 19 heavy (non-hydrogen) atoms. The van der Waals surface area contributed by atoms with E-state index in [0.717, 1.165) is 18.8 Å². The number of rotatable bonds is 6. The van der Waals surface area contributed by atoms with E-state index >= 15 is 0 Å². The van der Waals surface area contributed by atoms with Crippen LogP contribution < -0.4 is 10.1 Å². The third-order valence-electron chi connectivity index (χ3n) is 3.91. The Kier molecular flexibility index (Phi) is 4.79. The lowest BCUT2D eigenvalue weighted by Gasteiger charge is -2.34. The van der Waals surface area contributed by atoms with E-state index in [9.17, 15) is 0 Å². The molecule has 0 bridgehead atoms. The van der Waals surface area contributed by atoms with Crippen molar-refractivity contribution in [2.75, 3.05) is 19.4 Å². The highest BCUT2D eigenvalue weighted by Crippen LogP contribution is 2.48. The Bertz CT molecular complexity index is 391. The normalized spacial score (nSPS) is 24.6. The molecule has 1 aromatic heterocycles. The molecule has 5 heteroatoms. The molecule has 1 aliphatic heterocycles. The Balaban J connectivity index is 2.40. The molecule has 0 aliphatic carbocycles. The summed E-state index contributed by atoms with van der Waals surface area (Å²) in [6.45, 7) is 8.49. The number of aryl methyl sites for hydroxylation is 1. The maximum atomic E-state index is 5.53. The van der Waals surface area contributed by atoms with Crippen molar-refractivity contribution in [2.24, 2.45) is 0 Å². The lowest BCUT2D eigenvalue weighted by atomic mass is 9.93. The SMILES string of the molecule is CCNC(c1c(OC)cnn1CC)C1(C)CCCS1. The van der Waals surface area contributed by atoms with Gasteiger partial charge < -0.3 is 10.1 Å². The highest BCUT2D eigenvalue weighted by molar-refractivity contribution is 8.00. The molecule has 4 nitrogen and oxygen atoms in total. The number of hydrogen-bond acceptors (Lipinski definition) is 4. The molecular weight excluding hydrogens is 258 g/mol. The van der Waals surface area contributed by atoms with Gasteiger partial charge in [0.15, 0.2) is 5.75 Å². The van der Waals surface area contributed by atoms with Crippen LogP contribution in [0.5, 0.6) is 5.75 Å². The van der Waals surface area contributed by atoms with Gasteiger partial charge in [-0.1, -0.05) is 6.92 Å². The van der Waals surface area contributed by atoms with E-state index in [2.05, 4.69) is 47.6 Å². The summed E-state index contributed by atoms with van der Waals surface area (Å²) in [5.74, 6) is 2.16. The lowest BCUT2D eigenvalue weighted by Crippen LogP contribution is -2.39. The summed E-state index contributed by atoms with van der Waals surface area (Å²) in [5, 5.41) is 8.11. The van der Waals surface area contributed by atoms with Crippen molar-refractivity contribution >= 4 is 11.8 Å². The van der Waals surface area contributed by atoms with Gasteiger partial charge in [-0.15, -0.1) is 0 Å². The quantitative estimate of drug-likeness (QED) is 0.871. The number of nitrogens with one attached hydrogen (secondary N) is 1. The molecule has 108 valence electrons. The largest absolute Gasteiger partial charge is 0.493 e. The van der Waals surface area contributed by atoms with E-state index in [0.29, 0.717) is 6.04 Å². The first-order chi connectivity index (χ1) is 9.16. The van der Waals surface area contributed by atoms with E-state index < -0.39 is 0 Å². The standard InChI is InChI=1S/C14H25N3OS/c1-5-15-13(14(3)8-7-9-19-14)12-11(18-4)10-16-17(12)6-2/h10,13,15H,5-9H2,1-4H3. The van der Waals surface area contributed by atoms with Crippen molar-refractivity contribution in [2.45, 2.75) is 50.9 Å². The molecule has 0 spiro atoms. The minimum Gasteiger partial charge on any atom is -0.493 e. The van der Waals surface area contributed by atoms with Gasteiger partial charge >= 0.3 is 0 Å². The van der Waals surface area contributed by atoms with E-state index in [4.69, 9.17) is 4.74 Å². The average molecular weight is 283 g/mol. The van der Waals surface area contributed by atoms with Gasteiger partial charge in [0.2, 0.25) is 0 Å². The van der Waals surface area contributed by atoms with Crippen LogP contribution in [0.25, 0.3) is 0 Å². The molecule has 0 radical (unpaired) electrons. The molecule has 2 rings (SSSR count). The summed E-state index contributed by atoms with van der Waals surface area (Å²) in [4.78, 5) is 0. The Morgan fingerprint density at radius 2 is 2.37 bits per heavy atom. The van der Waals surface area contributed by atoms with Gasteiger partial charge in [0, 0.05) is 11.3 Å². The number of hydrogen-bond donors (Lipinski definition) is 1. The molecule has 1 saturated heterocycles. The summed E-state index contributed by atoms with van der Waals surface area (Å²) in [6, 6.07) is 0.294. The third-order valence-corrected chi connectivity index (χ3v) is 5.50. The molecule has 2 heterocycles. The molecule has 1 aliphatic rings. The predicted molar refractivity (Wildman–Crippen MR) is 81.0 cm³/mol. The van der Waals surface area contributed by atoms with Crippen LogP contribution in [-0.2, 0) is 6.54 Å². The van der Waals surface area contributed by atoms with Gasteiger partial charge in [-0.3, -0.25) is 4.68 Å². The molecule has 2 unspecified atom stereocenters. The number of thioether (sulfide) groups is 1. The molecule has 1 aromatic rings. The van der Waals surface area contributed by atoms with Crippen molar-refractivity contribution < 1.29 is 4.74 Å². The van der Waals surface area contributed by atoms with Crippen LogP contribution >= 0.6 is 11.8 Å². The first-order valence-corrected chi connectivity index (χ1v) is 8.11. The Morgan fingerprint density at radius 1 is 1.58 bits per heavy atom. The topological polar surface area (TPSA) is 39.1 Å². The summed E-state index contributed by atoms with van der Waals surface area (Å²) < 4.78 is 7.83. The molecule has 1 N–H and O–H groups in total. The van der Waals surface area contributed by atoms with Gasteiger partial charge in [-0.2, -0.15) is 16.9 Å². The van der Waals surface area contributed by atoms with Crippen LogP contribution in [0, 0.1) is 0 Å². The lowest BCUT2D eigenvalue weighted by molar-refractivity contribution is 0.359. The van der Waals surface area contributed by atoms with Crippen molar-refractivity contribution in [3.63, 3.8) is 0 Å². The van der Waals surface area contributed by atoms with Crippen LogP contribution in [0.2, 0.25) is 0 Å². The van der Waals surface area contributed by atoms with Crippen molar-refractivity contribution in [1.29, 1.82) is 0 Å². The van der Waals surface area contributed by atoms with Crippen LogP contribution in [0.3, 0.4) is 0 Å². The molecule has 0 amide bonds. The first-order valence-electron chi connectivity index (χ1n) is 7.13. The van der Waals surface area contributed by atoms with Crippen LogP contribution in [0.15, 0.2) is 6.20 Å². The van der Waals surface area contributed by atoms with Crippen LogP contribution in [-0.4, -0.2) is 33.9 Å². The van der Waals surface area contributed by atoms with Crippen molar-refractivity contribution in [3.05, 3.63) is 11.9 Å². The minimum atomic E-state index is 0.232. The summed E-state index contributed by atoms with van der Waals surface area (Å²) in [7, 11) is 1.73. The van der Waals surface area contributed by atoms with E-state index in [1.165, 1.54) is 24.3 Å². The van der Waals surface area contributed by atoms with E-state index in [1.54, 1.807) is 7.11 Å². The van der Waals surface area contributed by atoms with E-state index in [1.807, 2.05) is 6.20 Å². The smallest absolute Gasteiger partial charge is 0.161 e. The molecule has 0 aromatic carbocycles. The number of nitrogens with zero attached hydrogens (tertiary/aromatic N) is 2. The second-order valence-corrected chi connectivity index (χ2v) is 6.80. The van der Waals surface area contributed by atoms with Crippen molar-refractivity contribution in [1.82, 2.24) is 15.1 Å². The van der Waals surface area contributed by atoms with Gasteiger partial charge in [0.25, 0.3) is 0 Å². The molecule has 1 fully saturated rings. The second-order valence-electron chi connectivity index (χ2n) is 5.17. The minimum absolute atomic E-state index is 0.232. The highest BCUT2D eigenvalue weighted by Gasteiger charge is 2.41. The predicted octanol–water partition coefficient (Wildman–Crippen LogP) is 2.85. The average Bonchev–Trinajstić information content (AvgIpc) is 3.02. The van der Waals surface area contributed by atoms with Gasteiger partial charge in [-0.25, -0.2) is 0 Å². The maximum absolute atomic E-state index is 5.53. The summed E-state index contributed by atoms with van der Waals surface area (Å²) >= 11 is 2.07. The third kappa shape index (κ3) is 2.77. The zero-order valence-electron chi connectivity index (χ0n) is 12.4. The van der Waals surface area contributed by atoms with Gasteiger partial charge in [0.1, 0.15) is 0 Å². The fourth-order valence-electron chi connectivity index (χ4n) is 2.91. The first kappa shape index (κ1) is 14.7. The fraction of sp³-hybridized carbons (Fsp3) is 0.786. The molecule has 2 atom stereocenters. The zero-order valence-corrected chi connectivity index (χ0v) is 13.2. The molecular formula is C14H25N3OS. The highest BCUT2D eigenvalue weighted by atomic mass is 32.2. The maximum Gasteiger partial charge on any atom is 0.161 e. The summed E-state index contributed by atoms with van der Waals surface area (Å²) in [5.41, 5.74) is 1.20. The summed E-state index contributed by atoms with van der Waals surface area (Å²) in [6.07, 6.45) is 4.38. The number of ether oxygens (including phenoxy) is 1. The zero-order chi connectivity index (χ0) is 13.9. The Morgan fingerprint density at radius 3 is 2.89 bits per heavy atom. The molecule has 0 saturated carbocycles. The fourth-order valence-corrected chi connectivity index (χ4v) is 4.32. The van der Waals surface area contributed by atoms with Crippen LogP contribution in [0.4, 0.5) is 0 Å². The van der Waals surface area contributed by atoms with Gasteiger partial charge in [-0.05, 0) is 39.0 Å². The number of aromatic nitrogens is 2. The Hall–Kier alpha value is -0.680. The van der Waals surface area contributed by atoms with Crippen molar-refractivity contribution in [3.8, 4) is 5.75 Å².